The molecule has 0 bridgehead atoms. The Morgan fingerprint density at radius 2 is 2.20 bits per heavy atom. The largest absolute Gasteiger partial charge is 0.309 e. The summed E-state index contributed by atoms with van der Waals surface area (Å²) in [7, 11) is 0. The van der Waals surface area contributed by atoms with Crippen LogP contribution in [0.2, 0.25) is 0 Å². The minimum Gasteiger partial charge on any atom is -0.309 e. The Morgan fingerprint density at radius 3 is 2.80 bits per heavy atom. The second-order valence-corrected chi connectivity index (χ2v) is 4.64. The van der Waals surface area contributed by atoms with E-state index in [1.54, 1.807) is 0 Å². The molecule has 0 aliphatic rings. The highest BCUT2D eigenvalue weighted by Gasteiger charge is 2.12. The van der Waals surface area contributed by atoms with Gasteiger partial charge in [0.2, 0.25) is 0 Å². The van der Waals surface area contributed by atoms with Crippen LogP contribution in [0.1, 0.15) is 56.9 Å². The van der Waals surface area contributed by atoms with Crippen LogP contribution in [0.4, 0.5) is 0 Å². The lowest BCUT2D eigenvalue weighted by Gasteiger charge is -2.15. The van der Waals surface area contributed by atoms with Gasteiger partial charge in [0, 0.05) is 6.04 Å². The molecule has 1 aromatic heterocycles. The summed E-state index contributed by atoms with van der Waals surface area (Å²) in [6.45, 7) is 5.51. The Kier molecular flexibility index (Phi) is 6.52. The number of hydrogen-bond acceptors (Lipinski definition) is 4. The Morgan fingerprint density at radius 1 is 1.33 bits per heavy atom. The van der Waals surface area contributed by atoms with Crippen molar-refractivity contribution < 1.29 is 0 Å². The zero-order valence-electron chi connectivity index (χ0n) is 9.70. The molecule has 0 radical (unpaired) electrons. The van der Waals surface area contributed by atoms with Gasteiger partial charge >= 0.3 is 0 Å². The molecule has 1 heterocycles. The summed E-state index contributed by atoms with van der Waals surface area (Å²) < 4.78 is 3.93. The van der Waals surface area contributed by atoms with Crippen LogP contribution in [0.3, 0.4) is 0 Å². The first-order valence-corrected chi connectivity index (χ1v) is 6.66. The normalized spacial score (nSPS) is 12.9. The Labute approximate surface area is 96.5 Å². The maximum Gasteiger partial charge on any atom is 0.0669 e. The van der Waals surface area contributed by atoms with Crippen molar-refractivity contribution in [2.45, 2.75) is 52.0 Å². The first-order valence-electron chi connectivity index (χ1n) is 5.89. The second kappa shape index (κ2) is 7.77. The van der Waals surface area contributed by atoms with E-state index in [1.165, 1.54) is 48.5 Å². The van der Waals surface area contributed by atoms with Crippen molar-refractivity contribution in [1.29, 1.82) is 0 Å². The molecule has 1 unspecified atom stereocenters. The SMILES string of the molecule is CCCCCC(NCCC)c1cnns1. The van der Waals surface area contributed by atoms with Crippen LogP contribution in [0.25, 0.3) is 0 Å². The Hall–Kier alpha value is -0.480. The molecule has 3 nitrogen and oxygen atoms in total. The van der Waals surface area contributed by atoms with E-state index >= 15 is 0 Å². The third-order valence-corrected chi connectivity index (χ3v) is 3.24. The summed E-state index contributed by atoms with van der Waals surface area (Å²) in [5.41, 5.74) is 0. The molecule has 0 aliphatic heterocycles. The number of nitrogens with one attached hydrogen (secondary N) is 1. The van der Waals surface area contributed by atoms with Crippen LogP contribution in [0.5, 0.6) is 0 Å². The molecule has 0 aromatic carbocycles. The van der Waals surface area contributed by atoms with Crippen molar-refractivity contribution in [3.05, 3.63) is 11.1 Å². The summed E-state index contributed by atoms with van der Waals surface area (Å²) in [5, 5.41) is 7.47. The zero-order valence-corrected chi connectivity index (χ0v) is 10.5. The van der Waals surface area contributed by atoms with Gasteiger partial charge in [-0.1, -0.05) is 37.6 Å². The molecule has 4 heteroatoms. The van der Waals surface area contributed by atoms with E-state index in [4.69, 9.17) is 0 Å². The summed E-state index contributed by atoms with van der Waals surface area (Å²) in [5.74, 6) is 0. The molecule has 0 fully saturated rings. The summed E-state index contributed by atoms with van der Waals surface area (Å²) in [6.07, 6.45) is 8.16. The number of rotatable bonds is 8. The average molecular weight is 227 g/mol. The highest BCUT2D eigenvalue weighted by atomic mass is 32.1. The van der Waals surface area contributed by atoms with Crippen LogP contribution < -0.4 is 5.32 Å². The Balaban J connectivity index is 2.39. The van der Waals surface area contributed by atoms with Gasteiger partial charge in [-0.05, 0) is 30.9 Å². The minimum atomic E-state index is 0.469. The summed E-state index contributed by atoms with van der Waals surface area (Å²) in [6, 6.07) is 0.469. The van der Waals surface area contributed by atoms with E-state index in [2.05, 4.69) is 28.8 Å². The lowest BCUT2D eigenvalue weighted by Crippen LogP contribution is -2.21. The standard InChI is InChI=1S/C11H21N3S/c1-3-5-6-7-10(12-8-4-2)11-9-13-14-15-11/h9-10,12H,3-8H2,1-2H3. The second-order valence-electron chi connectivity index (χ2n) is 3.82. The monoisotopic (exact) mass is 227 g/mol. The van der Waals surface area contributed by atoms with Crippen molar-refractivity contribution in [2.75, 3.05) is 6.54 Å². The number of hydrogen-bond donors (Lipinski definition) is 1. The molecule has 86 valence electrons. The van der Waals surface area contributed by atoms with Gasteiger partial charge in [-0.25, -0.2) is 0 Å². The van der Waals surface area contributed by atoms with Gasteiger partial charge in [-0.15, -0.1) is 5.10 Å². The maximum absolute atomic E-state index is 3.93. The van der Waals surface area contributed by atoms with E-state index in [-0.39, 0.29) is 0 Å². The van der Waals surface area contributed by atoms with Gasteiger partial charge in [-0.3, -0.25) is 0 Å². The highest BCUT2D eigenvalue weighted by Crippen LogP contribution is 2.21. The van der Waals surface area contributed by atoms with Crippen LogP contribution >= 0.6 is 11.5 Å². The first-order chi connectivity index (χ1) is 7.38. The third kappa shape index (κ3) is 4.71. The van der Waals surface area contributed by atoms with Crippen molar-refractivity contribution in [3.8, 4) is 0 Å². The van der Waals surface area contributed by atoms with Crippen LogP contribution in [0.15, 0.2) is 6.20 Å². The predicted octanol–water partition coefficient (Wildman–Crippen LogP) is 3.16. The molecule has 0 aliphatic carbocycles. The fourth-order valence-electron chi connectivity index (χ4n) is 1.59. The van der Waals surface area contributed by atoms with Crippen molar-refractivity contribution in [3.63, 3.8) is 0 Å². The van der Waals surface area contributed by atoms with Gasteiger partial charge in [0.15, 0.2) is 0 Å². The van der Waals surface area contributed by atoms with E-state index in [0.29, 0.717) is 6.04 Å². The molecule has 0 spiro atoms. The fraction of sp³-hybridized carbons (Fsp3) is 0.818. The number of nitrogens with zero attached hydrogens (tertiary/aromatic N) is 2. The van der Waals surface area contributed by atoms with Crippen LogP contribution in [-0.4, -0.2) is 16.1 Å². The van der Waals surface area contributed by atoms with E-state index in [1.807, 2.05) is 6.20 Å². The molecular weight excluding hydrogens is 206 g/mol. The molecule has 1 rings (SSSR count). The molecule has 0 saturated carbocycles. The smallest absolute Gasteiger partial charge is 0.0669 e. The first kappa shape index (κ1) is 12.6. The van der Waals surface area contributed by atoms with Gasteiger partial charge < -0.3 is 5.32 Å². The maximum atomic E-state index is 3.93. The van der Waals surface area contributed by atoms with Gasteiger partial charge in [-0.2, -0.15) is 0 Å². The molecule has 1 N–H and O–H groups in total. The number of aromatic nitrogens is 2. The molecular formula is C11H21N3S. The summed E-state index contributed by atoms with van der Waals surface area (Å²) in [4.78, 5) is 1.28. The predicted molar refractivity (Wildman–Crippen MR) is 65.1 cm³/mol. The van der Waals surface area contributed by atoms with Crippen LogP contribution in [-0.2, 0) is 0 Å². The fourth-order valence-corrected chi connectivity index (χ4v) is 2.20. The topological polar surface area (TPSA) is 37.8 Å². The highest BCUT2D eigenvalue weighted by molar-refractivity contribution is 7.05. The molecule has 0 saturated heterocycles. The average Bonchev–Trinajstić information content (AvgIpc) is 2.76. The van der Waals surface area contributed by atoms with E-state index in [9.17, 15) is 0 Å². The Bertz CT molecular complexity index is 236. The van der Waals surface area contributed by atoms with Gasteiger partial charge in [0.1, 0.15) is 0 Å². The van der Waals surface area contributed by atoms with Crippen molar-refractivity contribution >= 4 is 11.5 Å². The lowest BCUT2D eigenvalue weighted by atomic mass is 10.1. The zero-order chi connectivity index (χ0) is 10.9. The molecule has 0 amide bonds. The quantitative estimate of drug-likeness (QED) is 0.693. The van der Waals surface area contributed by atoms with Crippen LogP contribution in [0, 0.1) is 0 Å². The number of unbranched alkanes of at least 4 members (excludes halogenated alkanes) is 2. The lowest BCUT2D eigenvalue weighted by molar-refractivity contribution is 0.480. The third-order valence-electron chi connectivity index (χ3n) is 2.46. The molecule has 1 aromatic rings. The van der Waals surface area contributed by atoms with Crippen molar-refractivity contribution in [1.82, 2.24) is 14.9 Å². The molecule has 15 heavy (non-hydrogen) atoms. The van der Waals surface area contributed by atoms with E-state index < -0.39 is 0 Å². The minimum absolute atomic E-state index is 0.469. The van der Waals surface area contributed by atoms with Gasteiger partial charge in [0.05, 0.1) is 11.1 Å². The summed E-state index contributed by atoms with van der Waals surface area (Å²) >= 11 is 1.52. The molecule has 1 atom stereocenters. The van der Waals surface area contributed by atoms with E-state index in [0.717, 1.165) is 6.54 Å². The van der Waals surface area contributed by atoms with Gasteiger partial charge in [0.25, 0.3) is 0 Å². The van der Waals surface area contributed by atoms with Crippen molar-refractivity contribution in [2.24, 2.45) is 0 Å².